The average molecular weight is 309 g/mol. The van der Waals surface area contributed by atoms with E-state index >= 15 is 0 Å². The van der Waals surface area contributed by atoms with Crippen LogP contribution >= 0.6 is 0 Å². The van der Waals surface area contributed by atoms with E-state index in [-0.39, 0.29) is 36.1 Å². The first kappa shape index (κ1) is 23.7. The minimum absolute atomic E-state index is 0. The van der Waals surface area contributed by atoms with Crippen molar-refractivity contribution in [2.45, 2.75) is 84.0 Å². The Bertz CT molecular complexity index is 225. The van der Waals surface area contributed by atoms with Gasteiger partial charge in [0.2, 0.25) is 0 Å². The van der Waals surface area contributed by atoms with E-state index in [1.54, 1.807) is 0 Å². The number of hydrogen-bond acceptors (Lipinski definition) is 2. The van der Waals surface area contributed by atoms with Gasteiger partial charge in [-0.3, -0.25) is 9.69 Å². The molecule has 21 heavy (non-hydrogen) atoms. The van der Waals surface area contributed by atoms with Crippen molar-refractivity contribution in [3.63, 3.8) is 0 Å². The predicted octanol–water partition coefficient (Wildman–Crippen LogP) is 4.06. The molecule has 122 valence electrons. The van der Waals surface area contributed by atoms with E-state index < -0.39 is 5.97 Å². The van der Waals surface area contributed by atoms with Gasteiger partial charge in [-0.2, -0.15) is 0 Å². The van der Waals surface area contributed by atoms with Crippen LogP contribution in [-0.2, 0) is 4.79 Å². The van der Waals surface area contributed by atoms with Gasteiger partial charge < -0.3 is 5.11 Å². The van der Waals surface area contributed by atoms with Crippen molar-refractivity contribution in [3.05, 3.63) is 0 Å². The van der Waals surface area contributed by atoms with Crippen LogP contribution in [0, 0.1) is 0 Å². The zero-order valence-electron chi connectivity index (χ0n) is 13.7. The molecular formula is C17H36NNaO2. The SMILES string of the molecule is CCCCCCCCCCCCCCN(C)CC(=O)O.[NaH]. The Morgan fingerprint density at radius 1 is 0.810 bits per heavy atom. The van der Waals surface area contributed by atoms with Gasteiger partial charge in [0.15, 0.2) is 0 Å². The second kappa shape index (κ2) is 18.5. The molecule has 0 aromatic carbocycles. The van der Waals surface area contributed by atoms with Gasteiger partial charge in [0.05, 0.1) is 6.54 Å². The molecule has 0 unspecified atom stereocenters. The molecule has 1 N–H and O–H groups in total. The summed E-state index contributed by atoms with van der Waals surface area (Å²) in [5.41, 5.74) is 0. The van der Waals surface area contributed by atoms with Crippen LogP contribution in [0.3, 0.4) is 0 Å². The molecule has 0 aromatic heterocycles. The first-order valence-corrected chi connectivity index (χ1v) is 8.57. The normalized spacial score (nSPS) is 10.6. The fourth-order valence-corrected chi connectivity index (χ4v) is 2.53. The molecule has 0 aliphatic rings. The summed E-state index contributed by atoms with van der Waals surface area (Å²) in [5, 5.41) is 8.63. The quantitative estimate of drug-likeness (QED) is 0.366. The van der Waals surface area contributed by atoms with Crippen molar-refractivity contribution in [2.24, 2.45) is 0 Å². The van der Waals surface area contributed by atoms with E-state index in [1.807, 2.05) is 11.9 Å². The van der Waals surface area contributed by atoms with Crippen molar-refractivity contribution in [1.82, 2.24) is 4.90 Å². The van der Waals surface area contributed by atoms with E-state index in [1.165, 1.54) is 70.6 Å². The Morgan fingerprint density at radius 2 is 1.19 bits per heavy atom. The Morgan fingerprint density at radius 3 is 1.57 bits per heavy atom. The van der Waals surface area contributed by atoms with Crippen LogP contribution in [0.2, 0.25) is 0 Å². The van der Waals surface area contributed by atoms with Gasteiger partial charge in [0.1, 0.15) is 0 Å². The number of carboxylic acid groups (broad SMARTS) is 1. The molecule has 0 rings (SSSR count). The maximum atomic E-state index is 10.5. The first-order valence-electron chi connectivity index (χ1n) is 8.57. The van der Waals surface area contributed by atoms with Gasteiger partial charge in [-0.05, 0) is 20.0 Å². The molecule has 0 aliphatic carbocycles. The summed E-state index contributed by atoms with van der Waals surface area (Å²) < 4.78 is 0. The van der Waals surface area contributed by atoms with Gasteiger partial charge in [0, 0.05) is 0 Å². The fourth-order valence-electron chi connectivity index (χ4n) is 2.53. The van der Waals surface area contributed by atoms with E-state index in [4.69, 9.17) is 5.11 Å². The molecule has 0 amide bonds. The monoisotopic (exact) mass is 309 g/mol. The molecule has 0 heterocycles. The summed E-state index contributed by atoms with van der Waals surface area (Å²) in [6.07, 6.45) is 16.2. The molecule has 3 nitrogen and oxygen atoms in total. The Hall–Kier alpha value is 0.430. The minimum atomic E-state index is -0.730. The van der Waals surface area contributed by atoms with Crippen molar-refractivity contribution >= 4 is 35.5 Å². The number of hydrogen-bond donors (Lipinski definition) is 1. The van der Waals surface area contributed by atoms with Crippen molar-refractivity contribution in [2.75, 3.05) is 20.1 Å². The molecule has 0 atom stereocenters. The first-order chi connectivity index (χ1) is 9.66. The molecule has 0 spiro atoms. The molecule has 0 fully saturated rings. The van der Waals surface area contributed by atoms with E-state index in [0.717, 1.165) is 13.0 Å². The summed E-state index contributed by atoms with van der Waals surface area (Å²) in [7, 11) is 1.88. The summed E-state index contributed by atoms with van der Waals surface area (Å²) in [5.74, 6) is -0.730. The predicted molar refractivity (Wildman–Crippen MR) is 93.4 cm³/mol. The van der Waals surface area contributed by atoms with Gasteiger partial charge in [-0.25, -0.2) is 0 Å². The van der Waals surface area contributed by atoms with Crippen LogP contribution in [-0.4, -0.2) is 65.7 Å². The number of nitrogens with zero attached hydrogens (tertiary/aromatic N) is 1. The van der Waals surface area contributed by atoms with Crippen LogP contribution in [0.5, 0.6) is 0 Å². The molecule has 0 saturated carbocycles. The van der Waals surface area contributed by atoms with Crippen LogP contribution < -0.4 is 0 Å². The molecule has 0 bridgehead atoms. The topological polar surface area (TPSA) is 40.5 Å². The number of unbranched alkanes of at least 4 members (excludes halogenated alkanes) is 11. The Kier molecular flexibility index (Phi) is 20.8. The van der Waals surface area contributed by atoms with Crippen LogP contribution in [0.25, 0.3) is 0 Å². The van der Waals surface area contributed by atoms with Gasteiger partial charge in [-0.1, -0.05) is 77.6 Å². The van der Waals surface area contributed by atoms with Crippen LogP contribution in [0.15, 0.2) is 0 Å². The number of rotatable bonds is 15. The Balaban J connectivity index is 0. The molecule has 0 aromatic rings. The van der Waals surface area contributed by atoms with Crippen LogP contribution in [0.4, 0.5) is 0 Å². The maximum absolute atomic E-state index is 10.5. The third-order valence-electron chi connectivity index (χ3n) is 3.80. The number of carbonyl (C=O) groups is 1. The molecule has 4 heteroatoms. The van der Waals surface area contributed by atoms with E-state index in [9.17, 15) is 4.79 Å². The molecular weight excluding hydrogens is 273 g/mol. The second-order valence-corrected chi connectivity index (χ2v) is 6.02. The van der Waals surface area contributed by atoms with Crippen molar-refractivity contribution in [3.8, 4) is 0 Å². The van der Waals surface area contributed by atoms with Crippen molar-refractivity contribution < 1.29 is 9.90 Å². The van der Waals surface area contributed by atoms with E-state index in [2.05, 4.69) is 6.92 Å². The Labute approximate surface area is 154 Å². The van der Waals surface area contributed by atoms with Gasteiger partial charge >= 0.3 is 35.5 Å². The second-order valence-electron chi connectivity index (χ2n) is 6.02. The number of likely N-dealkylation sites (N-methyl/N-ethyl adjacent to an activating group) is 1. The third-order valence-corrected chi connectivity index (χ3v) is 3.80. The number of carboxylic acids is 1. The third kappa shape index (κ3) is 20.4. The van der Waals surface area contributed by atoms with Gasteiger partial charge in [0.25, 0.3) is 0 Å². The molecule has 0 saturated heterocycles. The summed E-state index contributed by atoms with van der Waals surface area (Å²) in [6.45, 7) is 3.33. The summed E-state index contributed by atoms with van der Waals surface area (Å²) in [6, 6.07) is 0. The van der Waals surface area contributed by atoms with E-state index in [0.29, 0.717) is 0 Å². The summed E-state index contributed by atoms with van der Waals surface area (Å²) >= 11 is 0. The standard InChI is InChI=1S/C17H35NO2.Na.H/c1-3-4-5-6-7-8-9-10-11-12-13-14-15-18(2)16-17(19)20;;/h3-16H2,1-2H3,(H,19,20);;. The van der Waals surface area contributed by atoms with Gasteiger partial charge in [-0.15, -0.1) is 0 Å². The van der Waals surface area contributed by atoms with Crippen molar-refractivity contribution in [1.29, 1.82) is 0 Å². The number of aliphatic carboxylic acids is 1. The molecule has 0 radical (unpaired) electrons. The zero-order valence-corrected chi connectivity index (χ0v) is 13.7. The average Bonchev–Trinajstić information content (AvgIpc) is 2.39. The zero-order chi connectivity index (χ0) is 15.1. The fraction of sp³-hybridized carbons (Fsp3) is 0.941. The summed E-state index contributed by atoms with van der Waals surface area (Å²) in [4.78, 5) is 12.4. The van der Waals surface area contributed by atoms with Crippen LogP contribution in [0.1, 0.15) is 84.0 Å². The molecule has 0 aliphatic heterocycles.